The molecule has 0 spiro atoms. The SMILES string of the molecule is COc1ccc(/C(O)=C2/C(=O)C(=O)N(c3cc(C)on3)C2c2ccc(Cl)cc2)cc1. The Morgan fingerprint density at radius 2 is 1.80 bits per heavy atom. The molecule has 2 aromatic carbocycles. The number of amides is 1. The molecule has 1 atom stereocenters. The molecule has 3 aromatic rings. The van der Waals surface area contributed by atoms with E-state index < -0.39 is 17.7 Å². The Balaban J connectivity index is 1.91. The first kappa shape index (κ1) is 19.7. The fraction of sp³-hybridized carbons (Fsp3) is 0.136. The summed E-state index contributed by atoms with van der Waals surface area (Å²) < 4.78 is 10.2. The van der Waals surface area contributed by atoms with Gasteiger partial charge in [-0.05, 0) is 48.9 Å². The fourth-order valence-electron chi connectivity index (χ4n) is 3.40. The van der Waals surface area contributed by atoms with Gasteiger partial charge in [-0.2, -0.15) is 0 Å². The number of aromatic nitrogens is 1. The van der Waals surface area contributed by atoms with E-state index in [0.717, 1.165) is 0 Å². The average molecular weight is 425 g/mol. The number of carbonyl (C=O) groups excluding carboxylic acids is 2. The normalized spacial score (nSPS) is 18.1. The minimum Gasteiger partial charge on any atom is -0.507 e. The van der Waals surface area contributed by atoms with Crippen LogP contribution in [0.2, 0.25) is 5.02 Å². The number of aliphatic hydroxyl groups excluding tert-OH is 1. The summed E-state index contributed by atoms with van der Waals surface area (Å²) in [6.07, 6.45) is 0. The van der Waals surface area contributed by atoms with E-state index in [1.54, 1.807) is 61.5 Å². The summed E-state index contributed by atoms with van der Waals surface area (Å²) in [6.45, 7) is 1.68. The highest BCUT2D eigenvalue weighted by molar-refractivity contribution is 6.51. The molecule has 0 radical (unpaired) electrons. The van der Waals surface area contributed by atoms with Gasteiger partial charge >= 0.3 is 5.91 Å². The summed E-state index contributed by atoms with van der Waals surface area (Å²) in [6, 6.07) is 13.9. The highest BCUT2D eigenvalue weighted by atomic mass is 35.5. The van der Waals surface area contributed by atoms with Crippen LogP contribution in [-0.4, -0.2) is 29.1 Å². The Labute approximate surface area is 177 Å². The Bertz CT molecular complexity index is 1150. The predicted octanol–water partition coefficient (Wildman–Crippen LogP) is 4.27. The lowest BCUT2D eigenvalue weighted by molar-refractivity contribution is -0.132. The number of anilines is 1. The van der Waals surface area contributed by atoms with Crippen LogP contribution in [-0.2, 0) is 9.59 Å². The lowest BCUT2D eigenvalue weighted by Gasteiger charge is -2.22. The molecule has 1 unspecified atom stereocenters. The third-order valence-electron chi connectivity index (χ3n) is 4.86. The van der Waals surface area contributed by atoms with Gasteiger partial charge in [-0.15, -0.1) is 0 Å². The number of hydrogen-bond acceptors (Lipinski definition) is 6. The first-order valence-corrected chi connectivity index (χ1v) is 9.42. The Morgan fingerprint density at radius 1 is 1.13 bits per heavy atom. The van der Waals surface area contributed by atoms with Crippen molar-refractivity contribution in [3.8, 4) is 5.75 Å². The highest BCUT2D eigenvalue weighted by Crippen LogP contribution is 2.42. The standard InChI is InChI=1S/C22H17ClN2O5/c1-12-11-17(24-30-12)25-19(13-3-7-15(23)8-4-13)18(21(27)22(25)28)20(26)14-5-9-16(29-2)10-6-14/h3-11,19,26H,1-2H3/b20-18-. The van der Waals surface area contributed by atoms with E-state index in [0.29, 0.717) is 27.7 Å². The van der Waals surface area contributed by atoms with E-state index >= 15 is 0 Å². The first-order valence-electron chi connectivity index (χ1n) is 9.05. The van der Waals surface area contributed by atoms with Gasteiger partial charge in [0.2, 0.25) is 0 Å². The smallest absolute Gasteiger partial charge is 0.301 e. The summed E-state index contributed by atoms with van der Waals surface area (Å²) in [5, 5.41) is 15.4. The van der Waals surface area contributed by atoms with Gasteiger partial charge in [0.25, 0.3) is 5.78 Å². The molecule has 1 saturated heterocycles. The van der Waals surface area contributed by atoms with Crippen LogP contribution < -0.4 is 9.64 Å². The quantitative estimate of drug-likeness (QED) is 0.382. The zero-order valence-electron chi connectivity index (χ0n) is 16.1. The minimum absolute atomic E-state index is 0.0480. The molecule has 1 aliphatic heterocycles. The number of aryl methyl sites for hydroxylation is 1. The van der Waals surface area contributed by atoms with Crippen LogP contribution in [0.5, 0.6) is 5.75 Å². The van der Waals surface area contributed by atoms with Gasteiger partial charge in [-0.1, -0.05) is 28.9 Å². The van der Waals surface area contributed by atoms with Crippen molar-refractivity contribution < 1.29 is 24.0 Å². The van der Waals surface area contributed by atoms with Crippen LogP contribution in [0.4, 0.5) is 5.82 Å². The lowest BCUT2D eigenvalue weighted by atomic mass is 9.95. The van der Waals surface area contributed by atoms with Gasteiger partial charge in [-0.3, -0.25) is 14.5 Å². The third kappa shape index (κ3) is 3.33. The molecule has 7 nitrogen and oxygen atoms in total. The van der Waals surface area contributed by atoms with Gasteiger partial charge in [0.1, 0.15) is 17.3 Å². The second-order valence-corrected chi connectivity index (χ2v) is 7.18. The molecule has 1 amide bonds. The second-order valence-electron chi connectivity index (χ2n) is 6.74. The maximum atomic E-state index is 13.0. The van der Waals surface area contributed by atoms with Crippen molar-refractivity contribution in [1.29, 1.82) is 0 Å². The zero-order chi connectivity index (χ0) is 21.4. The first-order chi connectivity index (χ1) is 14.4. The van der Waals surface area contributed by atoms with Gasteiger partial charge in [0.05, 0.1) is 18.7 Å². The molecule has 0 aliphatic carbocycles. The minimum atomic E-state index is -0.895. The molecule has 2 heterocycles. The topological polar surface area (TPSA) is 92.9 Å². The van der Waals surface area contributed by atoms with E-state index in [1.807, 2.05) is 0 Å². The molecular weight excluding hydrogens is 408 g/mol. The number of aliphatic hydroxyl groups is 1. The number of ketones is 1. The monoisotopic (exact) mass is 424 g/mol. The third-order valence-corrected chi connectivity index (χ3v) is 5.11. The van der Waals surface area contributed by atoms with Crippen LogP contribution in [0.25, 0.3) is 5.76 Å². The molecule has 0 saturated carbocycles. The van der Waals surface area contributed by atoms with Gasteiger partial charge in [0.15, 0.2) is 5.82 Å². The number of methoxy groups -OCH3 is 1. The van der Waals surface area contributed by atoms with Crippen LogP contribution in [0.3, 0.4) is 0 Å². The van der Waals surface area contributed by atoms with Crippen LogP contribution >= 0.6 is 11.6 Å². The van der Waals surface area contributed by atoms with Gasteiger partial charge in [0, 0.05) is 16.7 Å². The van der Waals surface area contributed by atoms with E-state index in [2.05, 4.69) is 5.16 Å². The molecule has 1 aromatic heterocycles. The Morgan fingerprint density at radius 3 is 2.37 bits per heavy atom. The maximum Gasteiger partial charge on any atom is 0.301 e. The molecule has 4 rings (SSSR count). The molecule has 1 fully saturated rings. The van der Waals surface area contributed by atoms with Crippen molar-refractivity contribution in [2.45, 2.75) is 13.0 Å². The molecule has 8 heteroatoms. The van der Waals surface area contributed by atoms with E-state index in [9.17, 15) is 14.7 Å². The highest BCUT2D eigenvalue weighted by Gasteiger charge is 2.48. The van der Waals surface area contributed by atoms with Crippen molar-refractivity contribution >= 4 is 34.9 Å². The zero-order valence-corrected chi connectivity index (χ0v) is 16.9. The number of halogens is 1. The average Bonchev–Trinajstić information content (AvgIpc) is 3.29. The van der Waals surface area contributed by atoms with Crippen LogP contribution in [0, 0.1) is 6.92 Å². The van der Waals surface area contributed by atoms with Crippen molar-refractivity contribution in [2.24, 2.45) is 0 Å². The number of rotatable bonds is 4. The van der Waals surface area contributed by atoms with Crippen molar-refractivity contribution in [3.63, 3.8) is 0 Å². The summed E-state index contributed by atoms with van der Waals surface area (Å²) in [4.78, 5) is 27.1. The maximum absolute atomic E-state index is 13.0. The van der Waals surface area contributed by atoms with Crippen LogP contribution in [0.1, 0.15) is 22.9 Å². The van der Waals surface area contributed by atoms with E-state index in [1.165, 1.54) is 12.0 Å². The molecule has 152 valence electrons. The number of benzene rings is 2. The molecule has 30 heavy (non-hydrogen) atoms. The lowest BCUT2D eigenvalue weighted by Crippen LogP contribution is -2.29. The van der Waals surface area contributed by atoms with E-state index in [-0.39, 0.29) is 17.2 Å². The van der Waals surface area contributed by atoms with Gasteiger partial charge in [-0.25, -0.2) is 0 Å². The summed E-state index contributed by atoms with van der Waals surface area (Å²) in [5.41, 5.74) is 0.923. The Hall–Kier alpha value is -3.58. The second kappa shape index (κ2) is 7.68. The number of carbonyl (C=O) groups is 2. The number of hydrogen-bond donors (Lipinski definition) is 1. The molecule has 0 bridgehead atoms. The van der Waals surface area contributed by atoms with Crippen molar-refractivity contribution in [3.05, 3.63) is 82.1 Å². The summed E-state index contributed by atoms with van der Waals surface area (Å²) >= 11 is 6.01. The number of nitrogens with zero attached hydrogens (tertiary/aromatic N) is 2. The molecule has 1 N–H and O–H groups in total. The van der Waals surface area contributed by atoms with Crippen molar-refractivity contribution in [2.75, 3.05) is 12.0 Å². The number of Topliss-reactive ketones (excluding diaryl/α,β-unsaturated/α-hetero) is 1. The summed E-state index contributed by atoms with van der Waals surface area (Å²) in [7, 11) is 1.53. The van der Waals surface area contributed by atoms with Gasteiger partial charge < -0.3 is 14.4 Å². The number of ether oxygens (including phenoxy) is 1. The fourth-order valence-corrected chi connectivity index (χ4v) is 3.53. The molecular formula is C22H17ClN2O5. The largest absolute Gasteiger partial charge is 0.507 e. The Kier molecular flexibility index (Phi) is 5.05. The van der Waals surface area contributed by atoms with Crippen LogP contribution in [0.15, 0.2) is 64.7 Å². The predicted molar refractivity (Wildman–Crippen MR) is 110 cm³/mol. The summed E-state index contributed by atoms with van der Waals surface area (Å²) in [5.74, 6) is -0.652. The molecule has 1 aliphatic rings. The van der Waals surface area contributed by atoms with Crippen molar-refractivity contribution in [1.82, 2.24) is 5.16 Å². The van der Waals surface area contributed by atoms with E-state index in [4.69, 9.17) is 20.9 Å².